The molecule has 0 radical (unpaired) electrons. The van der Waals surface area contributed by atoms with E-state index in [2.05, 4.69) is 11.9 Å². The first-order valence-electron chi connectivity index (χ1n) is 3.96. The van der Waals surface area contributed by atoms with Gasteiger partial charge in [0.1, 0.15) is 0 Å². The van der Waals surface area contributed by atoms with Crippen LogP contribution in [0.1, 0.15) is 6.92 Å². The highest BCUT2D eigenvalue weighted by molar-refractivity contribution is 5.87. The molecule has 2 amide bonds. The third-order valence-corrected chi connectivity index (χ3v) is 1.65. The summed E-state index contributed by atoms with van der Waals surface area (Å²) >= 11 is 0. The van der Waals surface area contributed by atoms with Gasteiger partial charge in [-0.25, -0.2) is 9.59 Å². The largest absolute Gasteiger partial charge is 0.441 e. The predicted octanol–water partition coefficient (Wildman–Crippen LogP) is 0.0884. The molecule has 1 rings (SSSR count). The van der Waals surface area contributed by atoms with E-state index in [9.17, 15) is 9.59 Å². The second-order valence-electron chi connectivity index (χ2n) is 2.84. The lowest BCUT2D eigenvalue weighted by Gasteiger charge is -2.13. The van der Waals surface area contributed by atoms with Crippen LogP contribution in [0.2, 0.25) is 0 Å². The Kier molecular flexibility index (Phi) is 2.89. The van der Waals surface area contributed by atoms with Crippen molar-refractivity contribution in [3.05, 3.63) is 12.2 Å². The maximum Gasteiger partial charge on any atom is 0.334 e. The van der Waals surface area contributed by atoms with Crippen LogP contribution < -0.4 is 5.32 Å². The number of nitrogens with one attached hydrogen (secondary N) is 1. The maximum absolute atomic E-state index is 11.0. The summed E-state index contributed by atoms with van der Waals surface area (Å²) in [6, 6.07) is -0.200. The highest BCUT2D eigenvalue weighted by Crippen LogP contribution is 1.99. The van der Waals surface area contributed by atoms with Crippen LogP contribution in [0.15, 0.2) is 12.2 Å². The number of rotatable bonds is 3. The minimum atomic E-state index is -0.472. The molecule has 0 atom stereocenters. The first-order valence-corrected chi connectivity index (χ1v) is 3.96. The second-order valence-corrected chi connectivity index (χ2v) is 2.84. The fourth-order valence-electron chi connectivity index (χ4n) is 0.894. The molecule has 0 unspecified atom stereocenters. The summed E-state index contributed by atoms with van der Waals surface area (Å²) < 4.78 is 4.78. The lowest BCUT2D eigenvalue weighted by molar-refractivity contribution is -0.142. The lowest BCUT2D eigenvalue weighted by Crippen LogP contribution is -2.31. The minimum absolute atomic E-state index is 0.00245. The van der Waals surface area contributed by atoms with Crippen molar-refractivity contribution in [2.24, 2.45) is 0 Å². The molecular formula is C8H12N2O3. The highest BCUT2D eigenvalue weighted by atomic mass is 16.5. The Morgan fingerprint density at radius 1 is 1.77 bits per heavy atom. The number of urea groups is 1. The second kappa shape index (κ2) is 3.93. The van der Waals surface area contributed by atoms with Gasteiger partial charge < -0.3 is 10.1 Å². The monoisotopic (exact) mass is 184 g/mol. The Morgan fingerprint density at radius 2 is 2.46 bits per heavy atom. The van der Waals surface area contributed by atoms with Crippen LogP contribution in [0.25, 0.3) is 0 Å². The van der Waals surface area contributed by atoms with Crippen LogP contribution in [0.3, 0.4) is 0 Å². The molecule has 0 aromatic heterocycles. The minimum Gasteiger partial charge on any atom is -0.441 e. The first-order chi connectivity index (χ1) is 6.11. The van der Waals surface area contributed by atoms with Gasteiger partial charge in [-0.05, 0) is 6.92 Å². The number of hydrogen-bond donors (Lipinski definition) is 1. The molecule has 1 aliphatic rings. The van der Waals surface area contributed by atoms with E-state index in [0.717, 1.165) is 0 Å². The van der Waals surface area contributed by atoms with Gasteiger partial charge in [-0.3, -0.25) is 4.90 Å². The highest BCUT2D eigenvalue weighted by Gasteiger charge is 2.20. The van der Waals surface area contributed by atoms with Crippen LogP contribution in [0, 0.1) is 0 Å². The average molecular weight is 184 g/mol. The van der Waals surface area contributed by atoms with Crippen LogP contribution in [0.5, 0.6) is 0 Å². The van der Waals surface area contributed by atoms with Crippen LogP contribution in [0.4, 0.5) is 4.79 Å². The Hall–Kier alpha value is -1.52. The van der Waals surface area contributed by atoms with Crippen molar-refractivity contribution in [3.8, 4) is 0 Å². The number of carbonyl (C=O) groups excluding carboxylic acids is 2. The van der Waals surface area contributed by atoms with Gasteiger partial charge in [-0.15, -0.1) is 0 Å². The number of carbonyl (C=O) groups is 2. The van der Waals surface area contributed by atoms with Crippen LogP contribution >= 0.6 is 0 Å². The number of amides is 2. The zero-order chi connectivity index (χ0) is 9.84. The van der Waals surface area contributed by atoms with Crippen LogP contribution in [-0.2, 0) is 9.53 Å². The molecule has 0 spiro atoms. The summed E-state index contributed by atoms with van der Waals surface area (Å²) in [5.41, 5.74) is 0.333. The molecular weight excluding hydrogens is 172 g/mol. The van der Waals surface area contributed by atoms with Gasteiger partial charge in [-0.2, -0.15) is 0 Å². The maximum atomic E-state index is 11.0. The van der Waals surface area contributed by atoms with Gasteiger partial charge in [0.2, 0.25) is 0 Å². The standard InChI is InChI=1S/C8H12N2O3/c1-6(2)7(11)13-5-10-4-3-9-8(10)12/h1,3-5H2,2H3,(H,9,12). The Bertz CT molecular complexity index is 250. The molecule has 5 heteroatoms. The normalized spacial score (nSPS) is 15.5. The SMILES string of the molecule is C=C(C)C(=O)OCN1CCNC1=O. The van der Waals surface area contributed by atoms with Gasteiger partial charge in [-0.1, -0.05) is 6.58 Å². The zero-order valence-corrected chi connectivity index (χ0v) is 7.50. The quantitative estimate of drug-likeness (QED) is 0.499. The molecule has 1 aliphatic heterocycles. The number of esters is 1. The molecule has 0 aliphatic carbocycles. The van der Waals surface area contributed by atoms with Crippen molar-refractivity contribution in [3.63, 3.8) is 0 Å². The van der Waals surface area contributed by atoms with Gasteiger partial charge in [0.25, 0.3) is 0 Å². The van der Waals surface area contributed by atoms with Crippen molar-refractivity contribution >= 4 is 12.0 Å². The van der Waals surface area contributed by atoms with Crippen molar-refractivity contribution in [1.82, 2.24) is 10.2 Å². The Morgan fingerprint density at radius 3 is 2.92 bits per heavy atom. The molecule has 0 saturated carbocycles. The molecule has 1 fully saturated rings. The van der Waals surface area contributed by atoms with Crippen molar-refractivity contribution < 1.29 is 14.3 Å². The van der Waals surface area contributed by atoms with Gasteiger partial charge in [0.15, 0.2) is 6.73 Å². The van der Waals surface area contributed by atoms with E-state index in [1.807, 2.05) is 0 Å². The molecule has 0 bridgehead atoms. The van der Waals surface area contributed by atoms with E-state index in [1.165, 1.54) is 4.90 Å². The number of ether oxygens (including phenoxy) is 1. The predicted molar refractivity (Wildman–Crippen MR) is 45.9 cm³/mol. The van der Waals surface area contributed by atoms with Crippen molar-refractivity contribution in [1.29, 1.82) is 0 Å². The fraction of sp³-hybridized carbons (Fsp3) is 0.500. The summed E-state index contributed by atoms with van der Waals surface area (Å²) in [5.74, 6) is -0.472. The van der Waals surface area contributed by atoms with E-state index < -0.39 is 5.97 Å². The molecule has 0 aromatic carbocycles. The fourth-order valence-corrected chi connectivity index (χ4v) is 0.894. The lowest BCUT2D eigenvalue weighted by atomic mass is 10.4. The molecule has 0 aromatic rings. The van der Waals surface area contributed by atoms with E-state index in [0.29, 0.717) is 18.7 Å². The summed E-state index contributed by atoms with van der Waals surface area (Å²) in [4.78, 5) is 23.3. The third kappa shape index (κ3) is 2.47. The van der Waals surface area contributed by atoms with E-state index in [-0.39, 0.29) is 12.8 Å². The van der Waals surface area contributed by atoms with Gasteiger partial charge in [0, 0.05) is 18.7 Å². The summed E-state index contributed by atoms with van der Waals surface area (Å²) in [6.45, 7) is 6.16. The topological polar surface area (TPSA) is 58.6 Å². The van der Waals surface area contributed by atoms with Crippen molar-refractivity contribution in [2.75, 3.05) is 19.8 Å². The molecule has 5 nitrogen and oxygen atoms in total. The Balaban J connectivity index is 2.30. The smallest absolute Gasteiger partial charge is 0.334 e. The first kappa shape index (κ1) is 9.57. The number of hydrogen-bond acceptors (Lipinski definition) is 3. The van der Waals surface area contributed by atoms with Gasteiger partial charge >= 0.3 is 12.0 Å². The average Bonchev–Trinajstić information content (AvgIpc) is 2.47. The van der Waals surface area contributed by atoms with E-state index >= 15 is 0 Å². The van der Waals surface area contributed by atoms with E-state index in [1.54, 1.807) is 6.92 Å². The summed E-state index contributed by atoms with van der Waals surface area (Å²) in [7, 11) is 0. The molecule has 72 valence electrons. The molecule has 1 heterocycles. The number of nitrogens with zero attached hydrogens (tertiary/aromatic N) is 1. The summed E-state index contributed by atoms with van der Waals surface area (Å²) in [6.07, 6.45) is 0. The molecule has 1 saturated heterocycles. The summed E-state index contributed by atoms with van der Waals surface area (Å²) in [5, 5.41) is 2.60. The zero-order valence-electron chi connectivity index (χ0n) is 7.50. The van der Waals surface area contributed by atoms with Crippen molar-refractivity contribution in [2.45, 2.75) is 6.92 Å². The Labute approximate surface area is 76.3 Å². The van der Waals surface area contributed by atoms with E-state index in [4.69, 9.17) is 4.74 Å². The molecule has 1 N–H and O–H groups in total. The third-order valence-electron chi connectivity index (χ3n) is 1.65. The van der Waals surface area contributed by atoms with Crippen LogP contribution in [-0.4, -0.2) is 36.7 Å². The molecule has 13 heavy (non-hydrogen) atoms. The van der Waals surface area contributed by atoms with Gasteiger partial charge in [0.05, 0.1) is 0 Å².